The van der Waals surface area contributed by atoms with Gasteiger partial charge in [0.1, 0.15) is 5.82 Å². The van der Waals surface area contributed by atoms with E-state index < -0.39 is 6.10 Å². The summed E-state index contributed by atoms with van der Waals surface area (Å²) in [6, 6.07) is 4.68. The molecule has 1 heterocycles. The molecule has 17 heavy (non-hydrogen) atoms. The van der Waals surface area contributed by atoms with Crippen molar-refractivity contribution >= 4 is 5.91 Å². The smallest absolute Gasteiger partial charge is 0.225 e. The molecule has 1 aromatic carbocycles. The van der Waals surface area contributed by atoms with E-state index in [4.69, 9.17) is 0 Å². The predicted octanol–water partition coefficient (Wildman–Crippen LogP) is 1.27. The number of aliphatic hydroxyl groups is 1. The van der Waals surface area contributed by atoms with Gasteiger partial charge in [0.05, 0.1) is 12.5 Å². The van der Waals surface area contributed by atoms with Crippen molar-refractivity contribution in [1.29, 1.82) is 0 Å². The number of halogens is 1. The number of nitrogens with zero attached hydrogens (tertiary/aromatic N) is 1. The molecule has 1 N–H and O–H groups in total. The van der Waals surface area contributed by atoms with Crippen molar-refractivity contribution in [2.75, 3.05) is 13.1 Å². The summed E-state index contributed by atoms with van der Waals surface area (Å²) in [4.78, 5) is 13.1. The van der Waals surface area contributed by atoms with Crippen LogP contribution < -0.4 is 0 Å². The van der Waals surface area contributed by atoms with Gasteiger partial charge >= 0.3 is 0 Å². The van der Waals surface area contributed by atoms with E-state index in [-0.39, 0.29) is 18.1 Å². The monoisotopic (exact) mass is 237 g/mol. The van der Waals surface area contributed by atoms with Crippen LogP contribution >= 0.6 is 0 Å². The first-order chi connectivity index (χ1) is 8.06. The van der Waals surface area contributed by atoms with Crippen LogP contribution in [-0.4, -0.2) is 35.1 Å². The molecule has 1 unspecified atom stereocenters. The number of benzene rings is 1. The summed E-state index contributed by atoms with van der Waals surface area (Å²) in [6.45, 7) is 2.86. The molecule has 0 aliphatic carbocycles. The number of aryl methyl sites for hydroxylation is 1. The van der Waals surface area contributed by atoms with Gasteiger partial charge in [-0.3, -0.25) is 4.79 Å². The maximum atomic E-state index is 12.9. The van der Waals surface area contributed by atoms with Crippen LogP contribution in [0.25, 0.3) is 0 Å². The molecule has 1 aliphatic rings. The first-order valence-corrected chi connectivity index (χ1v) is 5.77. The number of β-amino-alcohol motifs (C(OH)–C–C–N with tert-alkyl or cyclic N) is 1. The van der Waals surface area contributed by atoms with Crippen LogP contribution in [-0.2, 0) is 11.2 Å². The second-order valence-electron chi connectivity index (χ2n) is 4.52. The summed E-state index contributed by atoms with van der Waals surface area (Å²) in [5, 5.41) is 9.35. The van der Waals surface area contributed by atoms with Gasteiger partial charge in [-0.05, 0) is 36.6 Å². The summed E-state index contributed by atoms with van der Waals surface area (Å²) in [7, 11) is 0. The molecule has 1 atom stereocenters. The Bertz CT molecular complexity index is 433. The van der Waals surface area contributed by atoms with Crippen LogP contribution in [0.4, 0.5) is 4.39 Å². The first kappa shape index (κ1) is 12.0. The lowest BCUT2D eigenvalue weighted by Crippen LogP contribution is -2.28. The Kier molecular flexibility index (Phi) is 3.43. The molecule has 3 nitrogen and oxygen atoms in total. The quantitative estimate of drug-likeness (QED) is 0.860. The molecular formula is C13H16FNO2. The highest BCUT2D eigenvalue weighted by molar-refractivity contribution is 5.79. The molecule has 0 saturated carbocycles. The maximum absolute atomic E-state index is 12.9. The first-order valence-electron chi connectivity index (χ1n) is 5.77. The van der Waals surface area contributed by atoms with Gasteiger partial charge in [0.15, 0.2) is 0 Å². The van der Waals surface area contributed by atoms with Gasteiger partial charge in [-0.15, -0.1) is 0 Å². The third kappa shape index (κ3) is 2.82. The van der Waals surface area contributed by atoms with Crippen LogP contribution in [0.5, 0.6) is 0 Å². The molecule has 0 spiro atoms. The maximum Gasteiger partial charge on any atom is 0.225 e. The predicted molar refractivity (Wildman–Crippen MR) is 62.0 cm³/mol. The Balaban J connectivity index is 1.96. The van der Waals surface area contributed by atoms with Crippen LogP contribution in [0, 0.1) is 12.7 Å². The molecular weight excluding hydrogens is 221 g/mol. The molecule has 0 aromatic heterocycles. The second kappa shape index (κ2) is 4.84. The van der Waals surface area contributed by atoms with Crippen molar-refractivity contribution in [3.05, 3.63) is 35.1 Å². The minimum Gasteiger partial charge on any atom is -0.391 e. The molecule has 0 bridgehead atoms. The zero-order chi connectivity index (χ0) is 12.4. The summed E-state index contributed by atoms with van der Waals surface area (Å²) < 4.78 is 12.9. The van der Waals surface area contributed by atoms with Crippen molar-refractivity contribution in [2.45, 2.75) is 25.9 Å². The highest BCUT2D eigenvalue weighted by atomic mass is 19.1. The van der Waals surface area contributed by atoms with Gasteiger partial charge < -0.3 is 10.0 Å². The number of carbonyl (C=O) groups excluding carboxylic acids is 1. The molecule has 4 heteroatoms. The summed E-state index contributed by atoms with van der Waals surface area (Å²) >= 11 is 0. The van der Waals surface area contributed by atoms with Gasteiger partial charge in [-0.1, -0.05) is 6.07 Å². The third-order valence-corrected chi connectivity index (χ3v) is 3.15. The number of aliphatic hydroxyl groups excluding tert-OH is 1. The van der Waals surface area contributed by atoms with Crippen LogP contribution in [0.2, 0.25) is 0 Å². The largest absolute Gasteiger partial charge is 0.391 e. The number of hydrogen-bond donors (Lipinski definition) is 1. The lowest BCUT2D eigenvalue weighted by molar-refractivity contribution is -0.127. The lowest BCUT2D eigenvalue weighted by Gasteiger charge is -2.16. The molecule has 0 radical (unpaired) electrons. The zero-order valence-electron chi connectivity index (χ0n) is 9.82. The Hall–Kier alpha value is -1.42. The van der Waals surface area contributed by atoms with E-state index in [1.54, 1.807) is 11.0 Å². The summed E-state index contributed by atoms with van der Waals surface area (Å²) in [6.07, 6.45) is 0.393. The average molecular weight is 237 g/mol. The summed E-state index contributed by atoms with van der Waals surface area (Å²) in [5.41, 5.74) is 1.94. The number of amides is 1. The molecule has 1 amide bonds. The number of rotatable bonds is 3. The highest BCUT2D eigenvalue weighted by Gasteiger charge is 2.27. The van der Waals surface area contributed by atoms with Crippen LogP contribution in [0.15, 0.2) is 18.2 Å². The fourth-order valence-electron chi connectivity index (χ4n) is 2.16. The Morgan fingerprint density at radius 1 is 1.53 bits per heavy atom. The summed E-state index contributed by atoms with van der Waals surface area (Å²) in [5.74, 6) is -0.240. The van der Waals surface area contributed by atoms with E-state index in [1.807, 2.05) is 6.92 Å². The van der Waals surface area contributed by atoms with Gasteiger partial charge in [0.2, 0.25) is 5.91 Å². The Morgan fingerprint density at radius 2 is 2.29 bits per heavy atom. The number of likely N-dealkylation sites (tertiary alicyclic amines) is 1. The topological polar surface area (TPSA) is 40.5 Å². The normalized spacial score (nSPS) is 20.1. The zero-order valence-corrected chi connectivity index (χ0v) is 9.82. The highest BCUT2D eigenvalue weighted by Crippen LogP contribution is 2.14. The molecule has 1 aromatic rings. The van der Waals surface area contributed by atoms with Crippen molar-refractivity contribution in [1.82, 2.24) is 4.90 Å². The third-order valence-electron chi connectivity index (χ3n) is 3.15. The van der Waals surface area contributed by atoms with E-state index >= 15 is 0 Å². The second-order valence-corrected chi connectivity index (χ2v) is 4.52. The van der Waals surface area contributed by atoms with E-state index in [1.165, 1.54) is 12.1 Å². The number of hydrogen-bond acceptors (Lipinski definition) is 2. The Labute approximate surface area is 99.9 Å². The van der Waals surface area contributed by atoms with Crippen molar-refractivity contribution in [2.24, 2.45) is 0 Å². The van der Waals surface area contributed by atoms with Gasteiger partial charge in [-0.2, -0.15) is 0 Å². The van der Waals surface area contributed by atoms with Gasteiger partial charge in [-0.25, -0.2) is 4.39 Å². The van der Waals surface area contributed by atoms with E-state index in [2.05, 4.69) is 0 Å². The minimum atomic E-state index is -0.531. The van der Waals surface area contributed by atoms with E-state index in [0.717, 1.165) is 11.1 Å². The van der Waals surface area contributed by atoms with Gasteiger partial charge in [0, 0.05) is 13.1 Å². The minimum absolute atomic E-state index is 0.00253. The molecule has 2 rings (SSSR count). The van der Waals surface area contributed by atoms with Crippen molar-refractivity contribution in [3.8, 4) is 0 Å². The average Bonchev–Trinajstić information content (AvgIpc) is 2.56. The fraction of sp³-hybridized carbons (Fsp3) is 0.462. The SMILES string of the molecule is Cc1cc(F)ccc1CCN1CC(O)CC1=O. The fourth-order valence-corrected chi connectivity index (χ4v) is 2.16. The molecule has 1 aliphatic heterocycles. The molecule has 1 fully saturated rings. The Morgan fingerprint density at radius 3 is 2.88 bits per heavy atom. The molecule has 1 saturated heterocycles. The van der Waals surface area contributed by atoms with Crippen LogP contribution in [0.3, 0.4) is 0 Å². The van der Waals surface area contributed by atoms with E-state index in [0.29, 0.717) is 19.5 Å². The van der Waals surface area contributed by atoms with Crippen LogP contribution in [0.1, 0.15) is 17.5 Å². The van der Waals surface area contributed by atoms with Crippen molar-refractivity contribution in [3.63, 3.8) is 0 Å². The molecule has 92 valence electrons. The van der Waals surface area contributed by atoms with E-state index in [9.17, 15) is 14.3 Å². The number of carbonyl (C=O) groups is 1. The lowest BCUT2D eigenvalue weighted by atomic mass is 10.1. The van der Waals surface area contributed by atoms with Crippen molar-refractivity contribution < 1.29 is 14.3 Å². The van der Waals surface area contributed by atoms with Gasteiger partial charge in [0.25, 0.3) is 0 Å². The standard InChI is InChI=1S/C13H16FNO2/c1-9-6-11(14)3-2-10(9)4-5-15-8-12(16)7-13(15)17/h2-3,6,12,16H,4-5,7-8H2,1H3.